The predicted molar refractivity (Wildman–Crippen MR) is 180 cm³/mol. The number of benzene rings is 3. The molecule has 0 heterocycles. The van der Waals surface area contributed by atoms with E-state index in [-0.39, 0.29) is 29.2 Å². The van der Waals surface area contributed by atoms with Crippen LogP contribution in [0.4, 0.5) is 0 Å². The van der Waals surface area contributed by atoms with Crippen molar-refractivity contribution in [2.45, 2.75) is 71.1 Å². The molecule has 0 fully saturated rings. The Bertz CT molecular complexity index is 1450. The van der Waals surface area contributed by atoms with Crippen molar-refractivity contribution >= 4 is 17.9 Å². The third-order valence-corrected chi connectivity index (χ3v) is 7.41. The minimum Gasteiger partial charge on any atom is -0.493 e. The molecule has 3 aromatic carbocycles. The van der Waals surface area contributed by atoms with E-state index in [1.165, 1.54) is 82.6 Å². The van der Waals surface area contributed by atoms with Gasteiger partial charge in [0.2, 0.25) is 0 Å². The molecule has 0 aliphatic heterocycles. The van der Waals surface area contributed by atoms with Gasteiger partial charge in [0, 0.05) is 6.08 Å². The molecule has 3 aromatic rings. The average Bonchev–Trinajstić information content (AvgIpc) is 3.09. The quantitative estimate of drug-likeness (QED) is 0.0489. The van der Waals surface area contributed by atoms with Gasteiger partial charge >= 0.3 is 17.9 Å². The molecule has 0 aliphatic rings. The van der Waals surface area contributed by atoms with E-state index >= 15 is 0 Å². The molecular formula is C38H46O9. The second-order valence-electron chi connectivity index (χ2n) is 11.0. The van der Waals surface area contributed by atoms with Gasteiger partial charge in [0.25, 0.3) is 0 Å². The third kappa shape index (κ3) is 12.5. The molecule has 9 heteroatoms. The number of rotatable bonds is 21. The van der Waals surface area contributed by atoms with Crippen LogP contribution in [0.1, 0.15) is 91.0 Å². The number of esters is 3. The molecule has 0 aromatic heterocycles. The molecule has 0 amide bonds. The van der Waals surface area contributed by atoms with E-state index in [0.717, 1.165) is 18.9 Å². The smallest absolute Gasteiger partial charge is 0.343 e. The van der Waals surface area contributed by atoms with Crippen molar-refractivity contribution in [3.63, 3.8) is 0 Å². The minimum absolute atomic E-state index is 0.139. The summed E-state index contributed by atoms with van der Waals surface area (Å²) in [6, 6.07) is 16.7. The molecular weight excluding hydrogens is 600 g/mol. The van der Waals surface area contributed by atoms with Crippen LogP contribution in [0.3, 0.4) is 0 Å². The van der Waals surface area contributed by atoms with E-state index in [4.69, 9.17) is 28.4 Å². The van der Waals surface area contributed by atoms with Crippen molar-refractivity contribution in [1.82, 2.24) is 0 Å². The molecule has 0 N–H and O–H groups in total. The predicted octanol–water partition coefficient (Wildman–Crippen LogP) is 8.32. The standard InChI is InChI=1S/C38H46O9/c1-5-7-8-9-10-11-12-15-28-16-20-31(21-17-28)46-37(40)29-19-23-33(35(27-29)43-4)47-38(41)30-18-22-32(34(26-30)42-3)44-24-13-14-25-45-36(39)6-2/h6,16-23,26-27H,2,5,7-15,24-25H2,1,3-4H3. The van der Waals surface area contributed by atoms with Crippen LogP contribution >= 0.6 is 0 Å². The normalized spacial score (nSPS) is 10.5. The fraction of sp³-hybridized carbons (Fsp3) is 0.395. The SMILES string of the molecule is C=CC(=O)OCCCCOc1ccc(C(=O)Oc2ccc(C(=O)Oc3ccc(CCCCCCCCC)cc3)cc2OC)cc1OC. The number of ether oxygens (including phenoxy) is 6. The molecule has 0 radical (unpaired) electrons. The maximum atomic E-state index is 13.0. The Morgan fingerprint density at radius 2 is 1.21 bits per heavy atom. The summed E-state index contributed by atoms with van der Waals surface area (Å²) in [7, 11) is 2.89. The van der Waals surface area contributed by atoms with Crippen LogP contribution < -0.4 is 23.7 Å². The second-order valence-corrected chi connectivity index (χ2v) is 11.0. The van der Waals surface area contributed by atoms with Crippen molar-refractivity contribution in [2.24, 2.45) is 0 Å². The van der Waals surface area contributed by atoms with Gasteiger partial charge in [-0.25, -0.2) is 14.4 Å². The zero-order valence-corrected chi connectivity index (χ0v) is 27.7. The van der Waals surface area contributed by atoms with Crippen LogP contribution in [-0.2, 0) is 16.0 Å². The van der Waals surface area contributed by atoms with Crippen LogP contribution in [0, 0.1) is 0 Å². The van der Waals surface area contributed by atoms with Crippen molar-refractivity contribution in [2.75, 3.05) is 27.4 Å². The molecule has 0 bridgehead atoms. The Hall–Kier alpha value is -4.79. The topological polar surface area (TPSA) is 107 Å². The molecule has 9 nitrogen and oxygen atoms in total. The van der Waals surface area contributed by atoms with Gasteiger partial charge in [0.15, 0.2) is 23.0 Å². The Morgan fingerprint density at radius 3 is 1.85 bits per heavy atom. The highest BCUT2D eigenvalue weighted by atomic mass is 16.6. The Morgan fingerprint density at radius 1 is 0.638 bits per heavy atom. The monoisotopic (exact) mass is 646 g/mol. The van der Waals surface area contributed by atoms with Gasteiger partial charge in [-0.2, -0.15) is 0 Å². The number of aryl methyl sites for hydroxylation is 1. The highest BCUT2D eigenvalue weighted by molar-refractivity contribution is 5.94. The fourth-order valence-corrected chi connectivity index (χ4v) is 4.75. The first-order chi connectivity index (χ1) is 22.9. The summed E-state index contributed by atoms with van der Waals surface area (Å²) in [6.07, 6.45) is 12.2. The largest absolute Gasteiger partial charge is 0.493 e. The Labute approximate surface area is 277 Å². The maximum Gasteiger partial charge on any atom is 0.343 e. The van der Waals surface area contributed by atoms with Crippen LogP contribution in [0.5, 0.6) is 28.7 Å². The summed E-state index contributed by atoms with van der Waals surface area (Å²) in [5, 5.41) is 0. The van der Waals surface area contributed by atoms with E-state index in [2.05, 4.69) is 13.5 Å². The minimum atomic E-state index is -0.649. The number of methoxy groups -OCH3 is 2. The number of hydrogen-bond acceptors (Lipinski definition) is 9. The van der Waals surface area contributed by atoms with Gasteiger partial charge in [0.05, 0.1) is 38.6 Å². The summed E-state index contributed by atoms with van der Waals surface area (Å²) in [6.45, 7) is 6.22. The van der Waals surface area contributed by atoms with Gasteiger partial charge in [-0.05, 0) is 79.8 Å². The second kappa shape index (κ2) is 20.4. The van der Waals surface area contributed by atoms with Crippen molar-refractivity contribution in [1.29, 1.82) is 0 Å². The molecule has 0 saturated carbocycles. The highest BCUT2D eigenvalue weighted by Gasteiger charge is 2.18. The summed E-state index contributed by atoms with van der Waals surface area (Å²) in [4.78, 5) is 37.0. The molecule has 0 aliphatic carbocycles. The molecule has 0 spiro atoms. The lowest BCUT2D eigenvalue weighted by Gasteiger charge is -2.13. The summed E-state index contributed by atoms with van der Waals surface area (Å²) in [5.41, 5.74) is 1.69. The van der Waals surface area contributed by atoms with Crippen LogP contribution in [0.25, 0.3) is 0 Å². The molecule has 0 atom stereocenters. The van der Waals surface area contributed by atoms with E-state index in [9.17, 15) is 14.4 Å². The first-order valence-corrected chi connectivity index (χ1v) is 16.2. The zero-order valence-electron chi connectivity index (χ0n) is 27.7. The van der Waals surface area contributed by atoms with Gasteiger partial charge in [-0.3, -0.25) is 0 Å². The Kier molecular flexibility index (Phi) is 15.9. The van der Waals surface area contributed by atoms with Gasteiger partial charge in [-0.1, -0.05) is 64.2 Å². The van der Waals surface area contributed by atoms with Crippen molar-refractivity contribution < 1.29 is 42.8 Å². The number of hydrogen-bond donors (Lipinski definition) is 0. The lowest BCUT2D eigenvalue weighted by Crippen LogP contribution is -2.12. The van der Waals surface area contributed by atoms with Crippen molar-refractivity contribution in [3.05, 3.63) is 90.0 Å². The zero-order chi connectivity index (χ0) is 33.9. The van der Waals surface area contributed by atoms with Gasteiger partial charge in [0.1, 0.15) is 5.75 Å². The third-order valence-electron chi connectivity index (χ3n) is 7.41. The fourth-order valence-electron chi connectivity index (χ4n) is 4.75. The van der Waals surface area contributed by atoms with Crippen LogP contribution in [-0.4, -0.2) is 45.3 Å². The highest BCUT2D eigenvalue weighted by Crippen LogP contribution is 2.32. The lowest BCUT2D eigenvalue weighted by molar-refractivity contribution is -0.137. The van der Waals surface area contributed by atoms with Crippen LogP contribution in [0.2, 0.25) is 0 Å². The lowest BCUT2D eigenvalue weighted by atomic mass is 10.0. The Balaban J connectivity index is 1.52. The van der Waals surface area contributed by atoms with E-state index in [1.807, 2.05) is 12.1 Å². The molecule has 3 rings (SSSR count). The van der Waals surface area contributed by atoms with Crippen LogP contribution in [0.15, 0.2) is 73.3 Å². The average molecular weight is 647 g/mol. The molecule has 252 valence electrons. The first kappa shape index (κ1) is 36.7. The molecule has 47 heavy (non-hydrogen) atoms. The van der Waals surface area contributed by atoms with Gasteiger partial charge in [-0.15, -0.1) is 0 Å². The number of carbonyl (C=O) groups excluding carboxylic acids is 3. The number of unbranched alkanes of at least 4 members (excludes halogenated alkanes) is 7. The maximum absolute atomic E-state index is 13.0. The molecule has 0 saturated heterocycles. The molecule has 0 unspecified atom stereocenters. The number of carbonyl (C=O) groups is 3. The summed E-state index contributed by atoms with van der Waals surface area (Å²) in [5.74, 6) is -0.0737. The first-order valence-electron chi connectivity index (χ1n) is 16.2. The van der Waals surface area contributed by atoms with E-state index in [0.29, 0.717) is 36.7 Å². The van der Waals surface area contributed by atoms with E-state index < -0.39 is 17.9 Å². The summed E-state index contributed by atoms with van der Waals surface area (Å²) >= 11 is 0. The van der Waals surface area contributed by atoms with Gasteiger partial charge < -0.3 is 28.4 Å². The van der Waals surface area contributed by atoms with Crippen molar-refractivity contribution in [3.8, 4) is 28.7 Å². The van der Waals surface area contributed by atoms with E-state index in [1.54, 1.807) is 24.3 Å². The summed E-state index contributed by atoms with van der Waals surface area (Å²) < 4.78 is 32.7.